The molecule has 0 bridgehead atoms. The Morgan fingerprint density at radius 1 is 1.40 bits per heavy atom. The van der Waals surface area contributed by atoms with Crippen LogP contribution in [0.15, 0.2) is 28.4 Å². The van der Waals surface area contributed by atoms with Gasteiger partial charge >= 0.3 is 0 Å². The Morgan fingerprint density at radius 2 is 2.10 bits per heavy atom. The molecule has 7 heteroatoms. The van der Waals surface area contributed by atoms with E-state index in [1.807, 2.05) is 6.92 Å². The zero-order valence-corrected chi connectivity index (χ0v) is 13.0. The van der Waals surface area contributed by atoms with Crippen molar-refractivity contribution in [2.24, 2.45) is 0 Å². The first-order chi connectivity index (χ1) is 9.43. The van der Waals surface area contributed by atoms with Gasteiger partial charge in [0.15, 0.2) is 0 Å². The fourth-order valence-electron chi connectivity index (χ4n) is 1.86. The van der Waals surface area contributed by atoms with Crippen LogP contribution in [0.3, 0.4) is 0 Å². The summed E-state index contributed by atoms with van der Waals surface area (Å²) in [5.74, 6) is -0.885. The number of β-amino-alcohol motifs (C(OH)–C–C–N with tert-alkyl or cyclic N) is 1. The number of nitrogens with one attached hydrogen (secondary N) is 1. The molecule has 1 aromatic rings. The van der Waals surface area contributed by atoms with Crippen LogP contribution in [-0.2, 0) is 9.59 Å². The number of carbonyl (C=O) groups excluding carboxylic acids is 2. The number of halogens is 2. The van der Waals surface area contributed by atoms with E-state index >= 15 is 0 Å². The van der Waals surface area contributed by atoms with E-state index in [9.17, 15) is 9.59 Å². The van der Waals surface area contributed by atoms with Crippen molar-refractivity contribution in [1.82, 2.24) is 4.90 Å². The highest BCUT2D eigenvalue weighted by Crippen LogP contribution is 2.30. The smallest absolute Gasteiger partial charge is 0.277 e. The Hall–Kier alpha value is -1.37. The molecular formula is C13H12BrClN2O3. The van der Waals surface area contributed by atoms with Crippen molar-refractivity contribution in [2.75, 3.05) is 18.5 Å². The van der Waals surface area contributed by atoms with Crippen LogP contribution in [0.25, 0.3) is 0 Å². The number of rotatable bonds is 4. The van der Waals surface area contributed by atoms with Gasteiger partial charge in [0.2, 0.25) is 0 Å². The number of aliphatic hydroxyl groups is 1. The average molecular weight is 360 g/mol. The maximum atomic E-state index is 12.0. The minimum absolute atomic E-state index is 0.0112. The highest BCUT2D eigenvalue weighted by molar-refractivity contribution is 9.10. The van der Waals surface area contributed by atoms with Gasteiger partial charge in [0.25, 0.3) is 11.8 Å². The first-order valence-corrected chi connectivity index (χ1v) is 7.02. The third kappa shape index (κ3) is 2.87. The van der Waals surface area contributed by atoms with E-state index in [2.05, 4.69) is 21.2 Å². The van der Waals surface area contributed by atoms with Crippen LogP contribution in [0, 0.1) is 6.92 Å². The zero-order chi connectivity index (χ0) is 14.9. The third-order valence-corrected chi connectivity index (χ3v) is 4.18. The largest absolute Gasteiger partial charge is 0.395 e. The molecule has 20 heavy (non-hydrogen) atoms. The zero-order valence-electron chi connectivity index (χ0n) is 10.6. The van der Waals surface area contributed by atoms with E-state index in [0.717, 1.165) is 10.5 Å². The Labute approximate surface area is 129 Å². The molecule has 0 radical (unpaired) electrons. The number of imide groups is 1. The van der Waals surface area contributed by atoms with E-state index in [4.69, 9.17) is 16.7 Å². The van der Waals surface area contributed by atoms with Crippen molar-refractivity contribution in [3.8, 4) is 0 Å². The molecule has 0 spiro atoms. The summed E-state index contributed by atoms with van der Waals surface area (Å²) in [5.41, 5.74) is 1.67. The van der Waals surface area contributed by atoms with Crippen molar-refractivity contribution in [1.29, 1.82) is 0 Å². The Morgan fingerprint density at radius 3 is 2.70 bits per heavy atom. The van der Waals surface area contributed by atoms with Gasteiger partial charge in [0.05, 0.1) is 18.2 Å². The number of anilines is 1. The Balaban J connectivity index is 2.21. The summed E-state index contributed by atoms with van der Waals surface area (Å²) in [6, 6.07) is 3.50. The minimum atomic E-state index is -0.451. The van der Waals surface area contributed by atoms with Gasteiger partial charge in [-0.3, -0.25) is 14.5 Å². The van der Waals surface area contributed by atoms with Crippen LogP contribution >= 0.6 is 27.5 Å². The van der Waals surface area contributed by atoms with Gasteiger partial charge in [-0.25, -0.2) is 0 Å². The van der Waals surface area contributed by atoms with E-state index < -0.39 is 11.8 Å². The molecule has 0 saturated heterocycles. The minimum Gasteiger partial charge on any atom is -0.395 e. The van der Waals surface area contributed by atoms with Gasteiger partial charge in [-0.1, -0.05) is 11.6 Å². The maximum Gasteiger partial charge on any atom is 0.277 e. The molecule has 1 aromatic carbocycles. The molecule has 0 saturated carbocycles. The third-order valence-electron chi connectivity index (χ3n) is 2.82. The lowest BCUT2D eigenvalue weighted by atomic mass is 10.2. The summed E-state index contributed by atoms with van der Waals surface area (Å²) in [6.07, 6.45) is 1.22. The van der Waals surface area contributed by atoms with E-state index in [1.54, 1.807) is 12.1 Å². The van der Waals surface area contributed by atoms with Crippen LogP contribution in [0.5, 0.6) is 0 Å². The summed E-state index contributed by atoms with van der Waals surface area (Å²) in [5, 5.41) is 12.3. The molecule has 5 nitrogen and oxygen atoms in total. The fraction of sp³-hybridized carbons (Fsp3) is 0.231. The standard InChI is InChI=1S/C13H12BrClN2O3/c1-7-4-8(5-9(14)12(7)15)16-10-6-11(19)17(2-3-18)13(10)20/h4-6,16,18H,2-3H2,1H3. The van der Waals surface area contributed by atoms with Crippen molar-refractivity contribution in [2.45, 2.75) is 6.92 Å². The van der Waals surface area contributed by atoms with E-state index in [1.165, 1.54) is 6.08 Å². The number of carbonyl (C=O) groups is 2. The van der Waals surface area contributed by atoms with Crippen molar-refractivity contribution < 1.29 is 14.7 Å². The highest BCUT2D eigenvalue weighted by Gasteiger charge is 2.30. The van der Waals surface area contributed by atoms with Gasteiger partial charge in [0, 0.05) is 16.2 Å². The van der Waals surface area contributed by atoms with Gasteiger partial charge < -0.3 is 10.4 Å². The Kier molecular flexibility index (Phi) is 4.47. The van der Waals surface area contributed by atoms with Gasteiger partial charge in [-0.05, 0) is 40.5 Å². The van der Waals surface area contributed by atoms with Crippen LogP contribution in [0.1, 0.15) is 5.56 Å². The second-order valence-corrected chi connectivity index (χ2v) is 5.52. The molecule has 0 aliphatic carbocycles. The molecule has 1 heterocycles. The molecule has 2 amide bonds. The molecule has 106 valence electrons. The summed E-state index contributed by atoms with van der Waals surface area (Å²) in [4.78, 5) is 24.6. The summed E-state index contributed by atoms with van der Waals surface area (Å²) in [7, 11) is 0. The molecule has 1 aliphatic rings. The number of aryl methyl sites for hydroxylation is 1. The predicted octanol–water partition coefficient (Wildman–Crippen LogP) is 2.07. The van der Waals surface area contributed by atoms with Crippen molar-refractivity contribution >= 4 is 45.0 Å². The number of hydrogen-bond donors (Lipinski definition) is 2. The second kappa shape index (κ2) is 5.95. The lowest BCUT2D eigenvalue weighted by Gasteiger charge is -2.14. The van der Waals surface area contributed by atoms with Crippen LogP contribution in [0.4, 0.5) is 5.69 Å². The maximum absolute atomic E-state index is 12.0. The number of aliphatic hydroxyl groups excluding tert-OH is 1. The summed E-state index contributed by atoms with van der Waals surface area (Å²) < 4.78 is 0.700. The van der Waals surface area contributed by atoms with Crippen molar-refractivity contribution in [3.63, 3.8) is 0 Å². The van der Waals surface area contributed by atoms with E-state index in [-0.39, 0.29) is 18.8 Å². The molecule has 0 fully saturated rings. The van der Waals surface area contributed by atoms with Crippen LogP contribution in [0.2, 0.25) is 5.02 Å². The van der Waals surface area contributed by atoms with Crippen LogP contribution in [-0.4, -0.2) is 35.0 Å². The van der Waals surface area contributed by atoms with Crippen molar-refractivity contribution in [3.05, 3.63) is 39.0 Å². The van der Waals surface area contributed by atoms with Gasteiger partial charge in [0.1, 0.15) is 5.70 Å². The van der Waals surface area contributed by atoms with Crippen LogP contribution < -0.4 is 5.32 Å². The molecule has 2 rings (SSSR count). The average Bonchev–Trinajstić information content (AvgIpc) is 2.64. The molecule has 0 aromatic heterocycles. The number of hydrogen-bond acceptors (Lipinski definition) is 4. The topological polar surface area (TPSA) is 69.6 Å². The van der Waals surface area contributed by atoms with E-state index in [0.29, 0.717) is 15.2 Å². The summed E-state index contributed by atoms with van der Waals surface area (Å²) >= 11 is 9.36. The summed E-state index contributed by atoms with van der Waals surface area (Å²) in [6.45, 7) is 1.57. The molecule has 0 atom stereocenters. The normalized spacial score (nSPS) is 14.8. The SMILES string of the molecule is Cc1cc(NC2=CC(=O)N(CCO)C2=O)cc(Br)c1Cl. The first kappa shape index (κ1) is 15.0. The molecule has 0 unspecified atom stereocenters. The number of nitrogens with zero attached hydrogens (tertiary/aromatic N) is 1. The predicted molar refractivity (Wildman–Crippen MR) is 79.4 cm³/mol. The first-order valence-electron chi connectivity index (χ1n) is 5.85. The molecule has 1 aliphatic heterocycles. The lowest BCUT2D eigenvalue weighted by molar-refractivity contribution is -0.137. The number of amides is 2. The molecule has 2 N–H and O–H groups in total. The monoisotopic (exact) mass is 358 g/mol. The Bertz CT molecular complexity index is 593. The van der Waals surface area contributed by atoms with Gasteiger partial charge in [-0.15, -0.1) is 0 Å². The molecular weight excluding hydrogens is 348 g/mol. The lowest BCUT2D eigenvalue weighted by Crippen LogP contribution is -2.34. The fourth-order valence-corrected chi connectivity index (χ4v) is 2.53. The quantitative estimate of drug-likeness (QED) is 0.808. The highest BCUT2D eigenvalue weighted by atomic mass is 79.9. The van der Waals surface area contributed by atoms with Gasteiger partial charge in [-0.2, -0.15) is 0 Å². The number of benzene rings is 1. The second-order valence-electron chi connectivity index (χ2n) is 4.29.